The Hall–Kier alpha value is -2.20. The number of allylic oxidation sites excluding steroid dienone is 2. The molecule has 0 fully saturated rings. The Morgan fingerprint density at radius 2 is 1.96 bits per heavy atom. The van der Waals surface area contributed by atoms with Crippen LogP contribution in [0.1, 0.15) is 24.8 Å². The fourth-order valence-corrected chi connectivity index (χ4v) is 3.97. The summed E-state index contributed by atoms with van der Waals surface area (Å²) >= 11 is 0. The van der Waals surface area contributed by atoms with E-state index in [2.05, 4.69) is 17.5 Å². The van der Waals surface area contributed by atoms with E-state index in [1.54, 1.807) is 0 Å². The van der Waals surface area contributed by atoms with Gasteiger partial charge in [0.05, 0.1) is 16.6 Å². The van der Waals surface area contributed by atoms with Crippen LogP contribution in [0.5, 0.6) is 0 Å². The molecule has 0 aliphatic heterocycles. The van der Waals surface area contributed by atoms with Crippen molar-refractivity contribution >= 4 is 22.4 Å². The van der Waals surface area contributed by atoms with Crippen molar-refractivity contribution in [2.75, 3.05) is 5.32 Å². The van der Waals surface area contributed by atoms with Crippen LogP contribution in [0.15, 0.2) is 71.6 Å². The van der Waals surface area contributed by atoms with Crippen molar-refractivity contribution in [2.24, 2.45) is 5.92 Å². The zero-order valence-electron chi connectivity index (χ0n) is 13.5. The fourth-order valence-electron chi connectivity index (χ4n) is 2.86. The second-order valence-electron chi connectivity index (χ2n) is 6.02. The van der Waals surface area contributed by atoms with Crippen molar-refractivity contribution in [3.05, 3.63) is 72.3 Å². The molecule has 0 heterocycles. The molecule has 1 amide bonds. The van der Waals surface area contributed by atoms with Gasteiger partial charge in [-0.15, -0.1) is 0 Å². The molecule has 1 aliphatic carbocycles. The minimum absolute atomic E-state index is 0.0351. The van der Waals surface area contributed by atoms with Crippen LogP contribution in [0.25, 0.3) is 0 Å². The number of carbonyl (C=O) groups excluding carboxylic acids is 1. The Kier molecular flexibility index (Phi) is 5.59. The Labute approximate surface area is 145 Å². The van der Waals surface area contributed by atoms with E-state index in [-0.39, 0.29) is 5.91 Å². The number of nitrogens with one attached hydrogen (secondary N) is 1. The monoisotopic (exact) mass is 339 g/mol. The zero-order chi connectivity index (χ0) is 16.8. The van der Waals surface area contributed by atoms with Crippen LogP contribution in [0, 0.1) is 5.92 Å². The minimum Gasteiger partial charge on any atom is -0.326 e. The summed E-state index contributed by atoms with van der Waals surface area (Å²) in [6, 6.07) is 17.0. The van der Waals surface area contributed by atoms with Gasteiger partial charge in [-0.05, 0) is 48.6 Å². The first-order chi connectivity index (χ1) is 11.7. The van der Waals surface area contributed by atoms with Gasteiger partial charge in [0.2, 0.25) is 5.91 Å². The first kappa shape index (κ1) is 16.7. The maximum absolute atomic E-state index is 12.4. The highest BCUT2D eigenvalue weighted by Crippen LogP contribution is 2.21. The van der Waals surface area contributed by atoms with Crippen LogP contribution in [-0.2, 0) is 21.3 Å². The molecule has 2 aromatic rings. The molecule has 0 unspecified atom stereocenters. The third-order valence-electron chi connectivity index (χ3n) is 4.07. The van der Waals surface area contributed by atoms with Crippen molar-refractivity contribution in [3.8, 4) is 0 Å². The Morgan fingerprint density at radius 1 is 1.12 bits per heavy atom. The number of carbonyl (C=O) groups is 1. The number of hydrogen-bond acceptors (Lipinski definition) is 2. The van der Waals surface area contributed by atoms with E-state index >= 15 is 0 Å². The second-order valence-corrected chi connectivity index (χ2v) is 7.47. The molecular formula is C20H21NO2S. The smallest absolute Gasteiger partial charge is 0.224 e. The van der Waals surface area contributed by atoms with Gasteiger partial charge in [-0.2, -0.15) is 0 Å². The van der Waals surface area contributed by atoms with Crippen LogP contribution in [0.2, 0.25) is 0 Å². The number of rotatable bonds is 6. The predicted octanol–water partition coefficient (Wildman–Crippen LogP) is 4.29. The lowest BCUT2D eigenvalue weighted by molar-refractivity contribution is -0.116. The lowest BCUT2D eigenvalue weighted by Gasteiger charge is -2.10. The molecule has 3 nitrogen and oxygen atoms in total. The van der Waals surface area contributed by atoms with E-state index in [1.807, 2.05) is 54.6 Å². The van der Waals surface area contributed by atoms with Crippen LogP contribution in [-0.4, -0.2) is 10.1 Å². The van der Waals surface area contributed by atoms with Crippen molar-refractivity contribution in [1.29, 1.82) is 0 Å². The van der Waals surface area contributed by atoms with Gasteiger partial charge < -0.3 is 5.32 Å². The average molecular weight is 339 g/mol. The van der Waals surface area contributed by atoms with Gasteiger partial charge in [0.25, 0.3) is 0 Å². The predicted molar refractivity (Wildman–Crippen MR) is 98.1 cm³/mol. The van der Waals surface area contributed by atoms with Crippen LogP contribution in [0.4, 0.5) is 5.69 Å². The van der Waals surface area contributed by atoms with Gasteiger partial charge in [0.1, 0.15) is 0 Å². The van der Waals surface area contributed by atoms with E-state index in [9.17, 15) is 9.00 Å². The van der Waals surface area contributed by atoms with Gasteiger partial charge in [-0.3, -0.25) is 9.00 Å². The van der Waals surface area contributed by atoms with E-state index < -0.39 is 10.8 Å². The van der Waals surface area contributed by atoms with Crippen molar-refractivity contribution in [2.45, 2.75) is 29.9 Å². The second kappa shape index (κ2) is 8.06. The quantitative estimate of drug-likeness (QED) is 0.798. The summed E-state index contributed by atoms with van der Waals surface area (Å²) in [5.74, 6) is 0.839. The lowest BCUT2D eigenvalue weighted by atomic mass is 10.0. The topological polar surface area (TPSA) is 46.2 Å². The van der Waals surface area contributed by atoms with Crippen molar-refractivity contribution < 1.29 is 9.00 Å². The van der Waals surface area contributed by atoms with Crippen LogP contribution < -0.4 is 5.32 Å². The number of hydrogen-bond donors (Lipinski definition) is 1. The summed E-state index contributed by atoms with van der Waals surface area (Å²) in [5, 5.41) is 2.95. The van der Waals surface area contributed by atoms with E-state index in [0.29, 0.717) is 18.1 Å². The molecule has 0 saturated heterocycles. The standard InChI is InChI=1S/C20H21NO2S/c22-20(14-16-7-4-5-8-16)21-18-10-6-9-17(13-18)15-24(23)19-11-2-1-3-12-19/h1-4,6-7,9-13,16H,5,8,14-15H2,(H,21,22)/t16-,24+/m0/s1. The summed E-state index contributed by atoms with van der Waals surface area (Å²) in [6.07, 6.45) is 6.91. The highest BCUT2D eigenvalue weighted by Gasteiger charge is 2.14. The third-order valence-corrected chi connectivity index (χ3v) is 5.47. The summed E-state index contributed by atoms with van der Waals surface area (Å²) in [4.78, 5) is 12.9. The first-order valence-electron chi connectivity index (χ1n) is 8.19. The van der Waals surface area contributed by atoms with Gasteiger partial charge in [-0.25, -0.2) is 0 Å². The molecule has 0 bridgehead atoms. The van der Waals surface area contributed by atoms with Gasteiger partial charge in [-0.1, -0.05) is 42.5 Å². The molecule has 2 aromatic carbocycles. The molecular weight excluding hydrogens is 318 g/mol. The molecule has 0 radical (unpaired) electrons. The van der Waals surface area contributed by atoms with Crippen molar-refractivity contribution in [1.82, 2.24) is 0 Å². The lowest BCUT2D eigenvalue weighted by Crippen LogP contribution is -2.14. The molecule has 3 rings (SSSR count). The summed E-state index contributed by atoms with van der Waals surface area (Å²) < 4.78 is 12.4. The molecule has 0 saturated carbocycles. The van der Waals surface area contributed by atoms with E-state index in [4.69, 9.17) is 0 Å². The normalized spacial score (nSPS) is 17.6. The minimum atomic E-state index is -1.08. The number of amides is 1. The average Bonchev–Trinajstić information content (AvgIpc) is 3.08. The van der Waals surface area contributed by atoms with E-state index in [0.717, 1.165) is 29.0 Å². The first-order valence-corrected chi connectivity index (χ1v) is 9.51. The zero-order valence-corrected chi connectivity index (χ0v) is 14.3. The maximum Gasteiger partial charge on any atom is 0.224 e. The molecule has 1 aliphatic rings. The SMILES string of the molecule is O=C(C[C@H]1C=CCC1)Nc1cccc(C[S@@](=O)c2ccccc2)c1. The summed E-state index contributed by atoms with van der Waals surface area (Å²) in [7, 11) is -1.08. The van der Waals surface area contributed by atoms with Crippen molar-refractivity contribution in [3.63, 3.8) is 0 Å². The highest BCUT2D eigenvalue weighted by atomic mass is 32.2. The molecule has 1 N–H and O–H groups in total. The molecule has 24 heavy (non-hydrogen) atoms. The molecule has 0 aromatic heterocycles. The maximum atomic E-state index is 12.4. The Bertz CT molecular complexity index is 755. The largest absolute Gasteiger partial charge is 0.326 e. The number of benzene rings is 2. The Balaban J connectivity index is 1.60. The summed E-state index contributed by atoms with van der Waals surface area (Å²) in [5.41, 5.74) is 1.72. The molecule has 4 heteroatoms. The number of anilines is 1. The van der Waals surface area contributed by atoms with Crippen LogP contribution >= 0.6 is 0 Å². The van der Waals surface area contributed by atoms with E-state index in [1.165, 1.54) is 0 Å². The van der Waals surface area contributed by atoms with Gasteiger partial charge >= 0.3 is 0 Å². The van der Waals surface area contributed by atoms with Crippen LogP contribution in [0.3, 0.4) is 0 Å². The highest BCUT2D eigenvalue weighted by molar-refractivity contribution is 7.84. The molecule has 2 atom stereocenters. The summed E-state index contributed by atoms with van der Waals surface area (Å²) in [6.45, 7) is 0. The molecule has 124 valence electrons. The Morgan fingerprint density at radius 3 is 2.71 bits per heavy atom. The fraction of sp³-hybridized carbons (Fsp3) is 0.250. The van der Waals surface area contributed by atoms with Gasteiger partial charge in [0.15, 0.2) is 0 Å². The third kappa shape index (κ3) is 4.65. The molecule has 0 spiro atoms. The van der Waals surface area contributed by atoms with Gasteiger partial charge in [0, 0.05) is 17.0 Å².